The minimum atomic E-state index is -1.86. The monoisotopic (exact) mass is 244 g/mol. The van der Waals surface area contributed by atoms with Crippen LogP contribution in [0.25, 0.3) is 0 Å². The molecule has 0 radical (unpaired) electrons. The number of esters is 1. The maximum Gasteiger partial charge on any atom is 0.332 e. The molecule has 0 aliphatic heterocycles. The minimum absolute atomic E-state index is 0.305. The maximum atomic E-state index is 11.4. The topological polar surface area (TPSA) is 35.5 Å². The van der Waals surface area contributed by atoms with E-state index in [0.29, 0.717) is 18.4 Å². The van der Waals surface area contributed by atoms with E-state index in [-0.39, 0.29) is 5.97 Å². The van der Waals surface area contributed by atoms with Crippen LogP contribution in [0.3, 0.4) is 0 Å². The van der Waals surface area contributed by atoms with E-state index in [0.717, 1.165) is 18.5 Å². The summed E-state index contributed by atoms with van der Waals surface area (Å²) >= 11 is 0. The number of ether oxygens (including phenoxy) is 1. The molecule has 4 heteroatoms. The molecule has 94 valence electrons. The first kappa shape index (κ1) is 15.4. The van der Waals surface area contributed by atoms with E-state index in [1.165, 1.54) is 0 Å². The van der Waals surface area contributed by atoms with E-state index < -0.39 is 8.32 Å². The highest BCUT2D eigenvalue weighted by molar-refractivity contribution is 6.73. The number of carbonyl (C=O) groups is 1. The van der Waals surface area contributed by atoms with E-state index in [4.69, 9.17) is 9.16 Å². The van der Waals surface area contributed by atoms with Gasteiger partial charge in [-0.2, -0.15) is 0 Å². The highest BCUT2D eigenvalue weighted by Crippen LogP contribution is 2.20. The molecule has 0 N–H and O–H groups in total. The molecule has 0 saturated carbocycles. The normalized spacial score (nSPS) is 14.2. The van der Waals surface area contributed by atoms with Gasteiger partial charge in [0.1, 0.15) is 6.23 Å². The molecule has 0 aliphatic carbocycles. The van der Waals surface area contributed by atoms with Crippen LogP contribution in [-0.4, -0.2) is 27.1 Å². The van der Waals surface area contributed by atoms with Crippen molar-refractivity contribution in [3.05, 3.63) is 12.2 Å². The first-order valence-corrected chi connectivity index (χ1v) is 8.50. The van der Waals surface area contributed by atoms with Gasteiger partial charge in [0.25, 0.3) is 0 Å². The van der Waals surface area contributed by atoms with Crippen LogP contribution in [0.5, 0.6) is 0 Å². The lowest BCUT2D eigenvalue weighted by Crippen LogP contribution is -2.44. The summed E-state index contributed by atoms with van der Waals surface area (Å²) in [6.45, 7) is 12.2. The summed E-state index contributed by atoms with van der Waals surface area (Å²) in [7, 11) is -1.86. The second-order valence-electron chi connectivity index (χ2n) is 4.08. The molecule has 16 heavy (non-hydrogen) atoms. The number of rotatable bonds is 8. The molecule has 0 heterocycles. The summed E-state index contributed by atoms with van der Waals surface area (Å²) in [4.78, 5) is 11.4. The van der Waals surface area contributed by atoms with Crippen LogP contribution in [0.4, 0.5) is 0 Å². The molecule has 0 aliphatic rings. The van der Waals surface area contributed by atoms with Crippen molar-refractivity contribution in [1.29, 1.82) is 0 Å². The van der Waals surface area contributed by atoms with Crippen molar-refractivity contribution in [2.24, 2.45) is 0 Å². The van der Waals surface area contributed by atoms with Gasteiger partial charge in [-0.05, 0) is 25.9 Å². The molecule has 0 amide bonds. The Morgan fingerprint density at radius 3 is 2.31 bits per heavy atom. The molecule has 0 bridgehead atoms. The number of hydrogen-bond acceptors (Lipinski definition) is 3. The predicted octanol–water partition coefficient (Wildman–Crippen LogP) is 3.06. The lowest BCUT2D eigenvalue weighted by Gasteiger charge is -2.29. The predicted molar refractivity (Wildman–Crippen MR) is 68.7 cm³/mol. The van der Waals surface area contributed by atoms with Crippen LogP contribution in [0.15, 0.2) is 12.2 Å². The highest BCUT2D eigenvalue weighted by atomic mass is 28.4. The van der Waals surface area contributed by atoms with Crippen molar-refractivity contribution in [1.82, 2.24) is 0 Å². The summed E-state index contributed by atoms with van der Waals surface area (Å²) in [5.74, 6) is -0.305. The summed E-state index contributed by atoms with van der Waals surface area (Å²) in [6.07, 6.45) is 1.53. The Bertz CT molecular complexity index is 232. The molecule has 1 atom stereocenters. The molecule has 0 rings (SSSR count). The van der Waals surface area contributed by atoms with Crippen LogP contribution < -0.4 is 0 Å². The van der Waals surface area contributed by atoms with Gasteiger partial charge in [0, 0.05) is 12.2 Å². The lowest BCUT2D eigenvalue weighted by molar-refractivity contribution is -0.137. The maximum absolute atomic E-state index is 11.4. The smallest absolute Gasteiger partial charge is 0.332 e. The standard InChI is InChI=1S/C12H24O3Si/c1-6-9-16(8-3,15-7-2)10-14-12(13)11(4)5/h4,6-10H2,1-3,5H3. The largest absolute Gasteiger partial charge is 0.463 e. The van der Waals surface area contributed by atoms with Gasteiger partial charge < -0.3 is 9.16 Å². The number of carbonyl (C=O) groups excluding carboxylic acids is 1. The molecule has 0 spiro atoms. The molecule has 0 aromatic rings. The zero-order chi connectivity index (χ0) is 12.6. The fourth-order valence-corrected chi connectivity index (χ4v) is 4.70. The van der Waals surface area contributed by atoms with Gasteiger partial charge in [-0.3, -0.25) is 0 Å². The van der Waals surface area contributed by atoms with Gasteiger partial charge in [-0.25, -0.2) is 4.79 Å². The Morgan fingerprint density at radius 1 is 1.31 bits per heavy atom. The van der Waals surface area contributed by atoms with Crippen molar-refractivity contribution >= 4 is 14.3 Å². The van der Waals surface area contributed by atoms with E-state index in [9.17, 15) is 4.79 Å². The molecule has 0 fully saturated rings. The zero-order valence-corrected chi connectivity index (χ0v) is 12.0. The van der Waals surface area contributed by atoms with Gasteiger partial charge in [0.2, 0.25) is 8.32 Å². The van der Waals surface area contributed by atoms with Crippen LogP contribution in [0, 0.1) is 0 Å². The van der Waals surface area contributed by atoms with E-state index in [1.807, 2.05) is 6.92 Å². The van der Waals surface area contributed by atoms with E-state index in [1.54, 1.807) is 6.92 Å². The minimum Gasteiger partial charge on any atom is -0.463 e. The molecule has 0 aromatic heterocycles. The molecule has 0 aromatic carbocycles. The fraction of sp³-hybridized carbons (Fsp3) is 0.750. The zero-order valence-electron chi connectivity index (χ0n) is 11.0. The Kier molecular flexibility index (Phi) is 7.33. The van der Waals surface area contributed by atoms with Gasteiger partial charge >= 0.3 is 5.97 Å². The summed E-state index contributed by atoms with van der Waals surface area (Å²) in [6, 6.07) is 2.03. The summed E-state index contributed by atoms with van der Waals surface area (Å²) in [5.41, 5.74) is 0.451. The average Bonchev–Trinajstić information content (AvgIpc) is 2.25. The van der Waals surface area contributed by atoms with Crippen LogP contribution >= 0.6 is 0 Å². The van der Waals surface area contributed by atoms with E-state index in [2.05, 4.69) is 20.4 Å². The molecule has 0 saturated heterocycles. The van der Waals surface area contributed by atoms with Gasteiger partial charge in [-0.1, -0.05) is 26.8 Å². The average molecular weight is 244 g/mol. The Balaban J connectivity index is 4.40. The number of hydrogen-bond donors (Lipinski definition) is 0. The third-order valence-corrected chi connectivity index (χ3v) is 6.89. The molecular formula is C12H24O3Si. The summed E-state index contributed by atoms with van der Waals surface area (Å²) < 4.78 is 11.1. The van der Waals surface area contributed by atoms with Crippen molar-refractivity contribution < 1.29 is 14.0 Å². The second-order valence-corrected chi connectivity index (χ2v) is 8.23. The quantitative estimate of drug-likeness (QED) is 0.374. The second kappa shape index (κ2) is 7.63. The van der Waals surface area contributed by atoms with Crippen molar-refractivity contribution in [2.45, 2.75) is 46.2 Å². The third kappa shape index (κ3) is 4.94. The Morgan fingerprint density at radius 2 is 1.94 bits per heavy atom. The van der Waals surface area contributed by atoms with Gasteiger partial charge in [-0.15, -0.1) is 0 Å². The van der Waals surface area contributed by atoms with Crippen molar-refractivity contribution in [3.63, 3.8) is 0 Å². The van der Waals surface area contributed by atoms with Crippen molar-refractivity contribution in [3.8, 4) is 0 Å². The van der Waals surface area contributed by atoms with Crippen LogP contribution in [-0.2, 0) is 14.0 Å². The fourth-order valence-electron chi connectivity index (χ4n) is 1.65. The first-order chi connectivity index (χ1) is 7.51. The Hall–Kier alpha value is -0.613. The molecular weight excluding hydrogens is 220 g/mol. The van der Waals surface area contributed by atoms with Crippen molar-refractivity contribution in [2.75, 3.05) is 12.8 Å². The van der Waals surface area contributed by atoms with Crippen LogP contribution in [0.2, 0.25) is 12.1 Å². The summed E-state index contributed by atoms with van der Waals surface area (Å²) in [5, 5.41) is 0. The Labute approximate surface area is 100.0 Å². The van der Waals surface area contributed by atoms with Crippen LogP contribution in [0.1, 0.15) is 34.1 Å². The van der Waals surface area contributed by atoms with E-state index >= 15 is 0 Å². The molecule has 3 nitrogen and oxygen atoms in total. The SMILES string of the molecule is C=C(C)C(=O)OC[Si](CC)(CCC)OCC. The highest BCUT2D eigenvalue weighted by Gasteiger charge is 2.33. The van der Waals surface area contributed by atoms with Gasteiger partial charge in [0.15, 0.2) is 0 Å². The third-order valence-electron chi connectivity index (χ3n) is 2.62. The van der Waals surface area contributed by atoms with Gasteiger partial charge in [0.05, 0.1) is 0 Å². The lowest BCUT2D eigenvalue weighted by atomic mass is 10.4. The molecule has 1 unspecified atom stereocenters. The first-order valence-electron chi connectivity index (χ1n) is 5.98.